The molecular formula is C24H30F2N4O2. The van der Waals surface area contributed by atoms with Gasteiger partial charge in [-0.15, -0.1) is 0 Å². The van der Waals surface area contributed by atoms with Crippen LogP contribution in [0.25, 0.3) is 0 Å². The number of nitrogens with one attached hydrogen (secondary N) is 1. The number of pyridine rings is 1. The SMILES string of the molecule is CC(=O)N[C@@H](C)c1ccc(O[C@@H]2CCN(c3cccc(N4CCC(F)(F)CC4)n3)C2)cc1. The average Bonchev–Trinajstić information content (AvgIpc) is 3.22. The molecule has 1 N–H and O–H groups in total. The fourth-order valence-corrected chi connectivity index (χ4v) is 4.28. The molecule has 0 aliphatic carbocycles. The molecule has 0 unspecified atom stereocenters. The molecule has 0 bridgehead atoms. The number of carbonyl (C=O) groups excluding carboxylic acids is 1. The first-order valence-electron chi connectivity index (χ1n) is 11.2. The van der Waals surface area contributed by atoms with Crippen LogP contribution in [0.15, 0.2) is 42.5 Å². The second-order valence-electron chi connectivity index (χ2n) is 8.66. The second-order valence-corrected chi connectivity index (χ2v) is 8.66. The number of halogens is 2. The first kappa shape index (κ1) is 22.3. The van der Waals surface area contributed by atoms with Gasteiger partial charge in [-0.25, -0.2) is 13.8 Å². The van der Waals surface area contributed by atoms with Gasteiger partial charge in [0.15, 0.2) is 0 Å². The molecule has 172 valence electrons. The lowest BCUT2D eigenvalue weighted by atomic mass is 10.1. The number of aromatic nitrogens is 1. The van der Waals surface area contributed by atoms with Gasteiger partial charge < -0.3 is 19.9 Å². The molecule has 2 saturated heterocycles. The minimum absolute atomic E-state index is 0.0481. The summed E-state index contributed by atoms with van der Waals surface area (Å²) in [6, 6.07) is 13.5. The van der Waals surface area contributed by atoms with Crippen molar-refractivity contribution in [1.82, 2.24) is 10.3 Å². The van der Waals surface area contributed by atoms with E-state index in [1.807, 2.05) is 54.3 Å². The lowest BCUT2D eigenvalue weighted by Crippen LogP contribution is -2.39. The molecule has 8 heteroatoms. The second kappa shape index (κ2) is 9.30. The molecule has 0 spiro atoms. The number of benzene rings is 1. The van der Waals surface area contributed by atoms with Gasteiger partial charge in [0.2, 0.25) is 5.91 Å². The molecule has 2 atom stereocenters. The molecule has 1 aromatic carbocycles. The van der Waals surface area contributed by atoms with Gasteiger partial charge in [-0.05, 0) is 36.8 Å². The van der Waals surface area contributed by atoms with Gasteiger partial charge in [0.25, 0.3) is 5.92 Å². The summed E-state index contributed by atoms with van der Waals surface area (Å²) < 4.78 is 33.1. The predicted octanol–water partition coefficient (Wildman–Crippen LogP) is 4.17. The summed E-state index contributed by atoms with van der Waals surface area (Å²) in [5, 5.41) is 2.87. The molecule has 3 heterocycles. The van der Waals surface area contributed by atoms with Gasteiger partial charge in [0.05, 0.1) is 12.6 Å². The third-order valence-corrected chi connectivity index (χ3v) is 6.11. The molecule has 6 nitrogen and oxygen atoms in total. The van der Waals surface area contributed by atoms with Crippen molar-refractivity contribution in [3.63, 3.8) is 0 Å². The maximum atomic E-state index is 13.5. The predicted molar refractivity (Wildman–Crippen MR) is 121 cm³/mol. The molecule has 2 aliphatic heterocycles. The minimum Gasteiger partial charge on any atom is -0.489 e. The number of carbonyl (C=O) groups is 1. The van der Waals surface area contributed by atoms with Crippen LogP contribution in [0.4, 0.5) is 20.4 Å². The summed E-state index contributed by atoms with van der Waals surface area (Å²) in [5.74, 6) is -0.212. The maximum Gasteiger partial charge on any atom is 0.251 e. The maximum absolute atomic E-state index is 13.5. The van der Waals surface area contributed by atoms with Gasteiger partial charge in [0.1, 0.15) is 23.5 Å². The molecule has 1 amide bonds. The number of alkyl halides is 2. The fraction of sp³-hybridized carbons (Fsp3) is 0.500. The smallest absolute Gasteiger partial charge is 0.251 e. The van der Waals surface area contributed by atoms with E-state index in [9.17, 15) is 13.6 Å². The van der Waals surface area contributed by atoms with Crippen LogP contribution < -0.4 is 19.9 Å². The van der Waals surface area contributed by atoms with Crippen molar-refractivity contribution < 1.29 is 18.3 Å². The van der Waals surface area contributed by atoms with Crippen molar-refractivity contribution >= 4 is 17.5 Å². The molecule has 2 fully saturated rings. The van der Waals surface area contributed by atoms with E-state index in [0.29, 0.717) is 13.1 Å². The van der Waals surface area contributed by atoms with Crippen LogP contribution >= 0.6 is 0 Å². The number of hydrogen-bond donors (Lipinski definition) is 1. The largest absolute Gasteiger partial charge is 0.489 e. The number of rotatable bonds is 6. The molecular weight excluding hydrogens is 414 g/mol. The summed E-state index contributed by atoms with van der Waals surface area (Å²) in [5.41, 5.74) is 1.03. The number of nitrogens with zero attached hydrogens (tertiary/aromatic N) is 3. The van der Waals surface area contributed by atoms with Crippen molar-refractivity contribution in [3.05, 3.63) is 48.0 Å². The summed E-state index contributed by atoms with van der Waals surface area (Å²) in [4.78, 5) is 20.1. The highest BCUT2D eigenvalue weighted by Crippen LogP contribution is 2.31. The van der Waals surface area contributed by atoms with Gasteiger partial charge in [-0.2, -0.15) is 0 Å². The van der Waals surface area contributed by atoms with E-state index >= 15 is 0 Å². The normalized spacial score (nSPS) is 21.3. The lowest BCUT2D eigenvalue weighted by Gasteiger charge is -2.33. The zero-order chi connectivity index (χ0) is 22.7. The molecule has 1 aromatic heterocycles. The standard InChI is InChI=1S/C24H30F2N4O2/c1-17(27-18(2)31)19-6-8-20(9-7-19)32-21-10-13-30(16-21)23-5-3-4-22(28-23)29-14-11-24(25,26)12-15-29/h3-9,17,21H,10-16H2,1-2H3,(H,27,31)/t17-,21+/m0/s1. The summed E-state index contributed by atoms with van der Waals surface area (Å²) in [6.45, 7) is 5.66. The highest BCUT2D eigenvalue weighted by atomic mass is 19.3. The lowest BCUT2D eigenvalue weighted by molar-refractivity contribution is -0.119. The van der Waals surface area contributed by atoms with Gasteiger partial charge >= 0.3 is 0 Å². The summed E-state index contributed by atoms with van der Waals surface area (Å²) in [7, 11) is 0. The van der Waals surface area contributed by atoms with E-state index in [-0.39, 0.29) is 30.9 Å². The highest BCUT2D eigenvalue weighted by molar-refractivity contribution is 5.73. The molecule has 2 aromatic rings. The Morgan fingerprint density at radius 2 is 1.75 bits per heavy atom. The van der Waals surface area contributed by atoms with E-state index in [4.69, 9.17) is 9.72 Å². The van der Waals surface area contributed by atoms with Crippen LogP contribution in [0.5, 0.6) is 5.75 Å². The Kier molecular flexibility index (Phi) is 6.48. The van der Waals surface area contributed by atoms with Crippen molar-refractivity contribution in [2.75, 3.05) is 36.0 Å². The highest BCUT2D eigenvalue weighted by Gasteiger charge is 2.34. The van der Waals surface area contributed by atoms with Crippen LogP contribution in [0.2, 0.25) is 0 Å². The van der Waals surface area contributed by atoms with E-state index in [2.05, 4.69) is 10.2 Å². The van der Waals surface area contributed by atoms with Crippen molar-refractivity contribution in [1.29, 1.82) is 0 Å². The van der Waals surface area contributed by atoms with Crippen LogP contribution in [-0.2, 0) is 4.79 Å². The Balaban J connectivity index is 1.33. The number of amides is 1. The molecule has 0 saturated carbocycles. The van der Waals surface area contributed by atoms with Crippen molar-refractivity contribution in [2.24, 2.45) is 0 Å². The first-order chi connectivity index (χ1) is 15.3. The van der Waals surface area contributed by atoms with Gasteiger partial charge in [-0.1, -0.05) is 18.2 Å². The molecule has 0 radical (unpaired) electrons. The molecule has 32 heavy (non-hydrogen) atoms. The number of hydrogen-bond acceptors (Lipinski definition) is 5. The Bertz CT molecular complexity index is 928. The summed E-state index contributed by atoms with van der Waals surface area (Å²) >= 11 is 0. The number of ether oxygens (including phenoxy) is 1. The Labute approximate surface area is 187 Å². The van der Waals surface area contributed by atoms with Crippen LogP contribution in [0.1, 0.15) is 44.7 Å². The number of piperidine rings is 1. The number of anilines is 2. The van der Waals surface area contributed by atoms with E-state index in [1.54, 1.807) is 0 Å². The van der Waals surface area contributed by atoms with Crippen LogP contribution in [0.3, 0.4) is 0 Å². The Hall–Kier alpha value is -2.90. The molecule has 2 aliphatic rings. The first-order valence-corrected chi connectivity index (χ1v) is 11.2. The Morgan fingerprint density at radius 1 is 1.09 bits per heavy atom. The quantitative estimate of drug-likeness (QED) is 0.725. The monoisotopic (exact) mass is 444 g/mol. The topological polar surface area (TPSA) is 57.7 Å². The Morgan fingerprint density at radius 3 is 2.41 bits per heavy atom. The van der Waals surface area contributed by atoms with E-state index in [0.717, 1.165) is 42.5 Å². The zero-order valence-corrected chi connectivity index (χ0v) is 18.6. The van der Waals surface area contributed by atoms with Gasteiger partial charge in [0, 0.05) is 45.8 Å². The van der Waals surface area contributed by atoms with Gasteiger partial charge in [-0.3, -0.25) is 4.79 Å². The fourth-order valence-electron chi connectivity index (χ4n) is 4.28. The van der Waals surface area contributed by atoms with Crippen molar-refractivity contribution in [3.8, 4) is 5.75 Å². The third-order valence-electron chi connectivity index (χ3n) is 6.11. The third kappa shape index (κ3) is 5.47. The molecule has 4 rings (SSSR count). The van der Waals surface area contributed by atoms with E-state index in [1.165, 1.54) is 6.92 Å². The average molecular weight is 445 g/mol. The van der Waals surface area contributed by atoms with Crippen LogP contribution in [0, 0.1) is 0 Å². The van der Waals surface area contributed by atoms with E-state index < -0.39 is 5.92 Å². The summed E-state index contributed by atoms with van der Waals surface area (Å²) in [6.07, 6.45) is 0.682. The van der Waals surface area contributed by atoms with Crippen molar-refractivity contribution in [2.45, 2.75) is 51.2 Å². The zero-order valence-electron chi connectivity index (χ0n) is 18.6. The van der Waals surface area contributed by atoms with Crippen LogP contribution in [-0.4, -0.2) is 49.1 Å². The minimum atomic E-state index is -2.56.